The van der Waals surface area contributed by atoms with Crippen LogP contribution in [0.5, 0.6) is 5.75 Å². The molecule has 0 heterocycles. The molecule has 0 aromatic heterocycles. The summed E-state index contributed by atoms with van der Waals surface area (Å²) < 4.78 is 5.20. The molecule has 2 aromatic rings. The van der Waals surface area contributed by atoms with Crippen LogP contribution in [-0.4, -0.2) is 29.1 Å². The highest BCUT2D eigenvalue weighted by atomic mass is 16.5. The minimum absolute atomic E-state index is 0.350. The molecule has 0 atom stereocenters. The van der Waals surface area contributed by atoms with E-state index in [4.69, 9.17) is 9.84 Å². The minimum Gasteiger partial charge on any atom is -0.497 e. The predicted octanol–water partition coefficient (Wildman–Crippen LogP) is 3.56. The van der Waals surface area contributed by atoms with Crippen molar-refractivity contribution in [1.29, 1.82) is 0 Å². The first-order valence-corrected chi connectivity index (χ1v) is 7.85. The van der Waals surface area contributed by atoms with Crippen LogP contribution in [0.2, 0.25) is 0 Å². The van der Waals surface area contributed by atoms with Crippen LogP contribution in [0.15, 0.2) is 48.5 Å². The number of carboxylic acids is 1. The molecule has 4 heteroatoms. The Morgan fingerprint density at radius 3 is 2.43 bits per heavy atom. The zero-order chi connectivity index (χ0) is 16.2. The van der Waals surface area contributed by atoms with E-state index in [0.717, 1.165) is 24.4 Å². The van der Waals surface area contributed by atoms with E-state index in [-0.39, 0.29) is 0 Å². The molecule has 1 aliphatic rings. The molecule has 0 saturated heterocycles. The third-order valence-corrected chi connectivity index (χ3v) is 4.17. The lowest BCUT2D eigenvalue weighted by Crippen LogP contribution is -2.25. The summed E-state index contributed by atoms with van der Waals surface area (Å²) in [6.45, 7) is 1.64. The number of nitrogens with zero attached hydrogens (tertiary/aromatic N) is 1. The van der Waals surface area contributed by atoms with Crippen molar-refractivity contribution in [2.45, 2.75) is 32.0 Å². The van der Waals surface area contributed by atoms with Crippen LogP contribution in [0.1, 0.15) is 34.3 Å². The molecule has 1 N–H and O–H groups in total. The number of ether oxygens (including phenoxy) is 1. The lowest BCUT2D eigenvalue weighted by atomic mass is 10.1. The number of hydrogen-bond acceptors (Lipinski definition) is 3. The van der Waals surface area contributed by atoms with Crippen LogP contribution in [0.25, 0.3) is 0 Å². The second-order valence-corrected chi connectivity index (χ2v) is 5.99. The Morgan fingerprint density at radius 2 is 1.83 bits per heavy atom. The average molecular weight is 311 g/mol. The summed E-state index contributed by atoms with van der Waals surface area (Å²) in [7, 11) is 1.67. The Hall–Kier alpha value is -2.33. The van der Waals surface area contributed by atoms with Gasteiger partial charge in [-0.05, 0) is 48.2 Å². The van der Waals surface area contributed by atoms with E-state index in [2.05, 4.69) is 17.0 Å². The molecule has 0 aliphatic heterocycles. The predicted molar refractivity (Wildman–Crippen MR) is 88.7 cm³/mol. The maximum Gasteiger partial charge on any atom is 0.335 e. The molecule has 1 fully saturated rings. The average Bonchev–Trinajstić information content (AvgIpc) is 3.40. The van der Waals surface area contributed by atoms with E-state index >= 15 is 0 Å². The monoisotopic (exact) mass is 311 g/mol. The van der Waals surface area contributed by atoms with Crippen molar-refractivity contribution in [1.82, 2.24) is 4.90 Å². The molecular weight excluding hydrogens is 290 g/mol. The van der Waals surface area contributed by atoms with Crippen LogP contribution < -0.4 is 4.74 Å². The maximum absolute atomic E-state index is 11.1. The van der Waals surface area contributed by atoms with E-state index in [0.29, 0.717) is 11.6 Å². The first-order valence-electron chi connectivity index (χ1n) is 7.85. The van der Waals surface area contributed by atoms with Crippen molar-refractivity contribution in [2.75, 3.05) is 7.11 Å². The molecule has 0 radical (unpaired) electrons. The first-order chi connectivity index (χ1) is 11.2. The standard InChI is InChI=1S/C19H21NO3/c1-23-18-9-5-14(6-10-18)12-20(17-7-8-17)13-15-3-2-4-16(11-15)19(21)22/h2-6,9-11,17H,7-8,12-13H2,1H3,(H,21,22). The molecule has 4 nitrogen and oxygen atoms in total. The Labute approximate surface area is 136 Å². The van der Waals surface area contributed by atoms with Crippen LogP contribution >= 0.6 is 0 Å². The van der Waals surface area contributed by atoms with Crippen molar-refractivity contribution < 1.29 is 14.6 Å². The van der Waals surface area contributed by atoms with Crippen molar-refractivity contribution in [3.63, 3.8) is 0 Å². The van der Waals surface area contributed by atoms with E-state index in [1.165, 1.54) is 18.4 Å². The number of aromatic carboxylic acids is 1. The Kier molecular flexibility index (Phi) is 4.63. The van der Waals surface area contributed by atoms with Crippen molar-refractivity contribution in [2.24, 2.45) is 0 Å². The van der Waals surface area contributed by atoms with Gasteiger partial charge in [0.2, 0.25) is 0 Å². The molecule has 120 valence electrons. The van der Waals surface area contributed by atoms with Crippen LogP contribution in [-0.2, 0) is 13.1 Å². The summed E-state index contributed by atoms with van der Waals surface area (Å²) in [5, 5.41) is 9.12. The van der Waals surface area contributed by atoms with E-state index in [9.17, 15) is 4.79 Å². The molecule has 0 spiro atoms. The van der Waals surface area contributed by atoms with Crippen LogP contribution in [0.4, 0.5) is 0 Å². The van der Waals surface area contributed by atoms with Crippen molar-refractivity contribution in [3.05, 3.63) is 65.2 Å². The SMILES string of the molecule is COc1ccc(CN(Cc2cccc(C(=O)O)c2)C2CC2)cc1. The third kappa shape index (κ3) is 4.11. The normalized spacial score (nSPS) is 14.0. The summed E-state index contributed by atoms with van der Waals surface area (Å²) >= 11 is 0. The van der Waals surface area contributed by atoms with Gasteiger partial charge in [0, 0.05) is 19.1 Å². The fraction of sp³-hybridized carbons (Fsp3) is 0.316. The molecular formula is C19H21NO3. The lowest BCUT2D eigenvalue weighted by Gasteiger charge is -2.22. The summed E-state index contributed by atoms with van der Waals surface area (Å²) in [6.07, 6.45) is 2.43. The first kappa shape index (κ1) is 15.6. The quantitative estimate of drug-likeness (QED) is 0.849. The van der Waals surface area contributed by atoms with Crippen molar-refractivity contribution in [3.8, 4) is 5.75 Å². The molecule has 0 amide bonds. The Balaban J connectivity index is 1.71. The molecule has 0 bridgehead atoms. The number of hydrogen-bond donors (Lipinski definition) is 1. The highest BCUT2D eigenvalue weighted by Gasteiger charge is 2.29. The van der Waals surface area contributed by atoms with Gasteiger partial charge in [0.25, 0.3) is 0 Å². The maximum atomic E-state index is 11.1. The van der Waals surface area contributed by atoms with Gasteiger partial charge in [0.15, 0.2) is 0 Å². The summed E-state index contributed by atoms with van der Waals surface area (Å²) in [5.74, 6) is -0.0131. The van der Waals surface area contributed by atoms with Gasteiger partial charge < -0.3 is 9.84 Å². The minimum atomic E-state index is -0.875. The molecule has 23 heavy (non-hydrogen) atoms. The fourth-order valence-electron chi connectivity index (χ4n) is 2.76. The van der Waals surface area contributed by atoms with Gasteiger partial charge in [-0.25, -0.2) is 4.79 Å². The van der Waals surface area contributed by atoms with E-state index in [1.54, 1.807) is 19.2 Å². The number of methoxy groups -OCH3 is 1. The van der Waals surface area contributed by atoms with Crippen LogP contribution in [0.3, 0.4) is 0 Å². The largest absolute Gasteiger partial charge is 0.497 e. The number of benzene rings is 2. The summed E-state index contributed by atoms with van der Waals surface area (Å²) in [6, 6.07) is 15.9. The smallest absolute Gasteiger partial charge is 0.335 e. The number of rotatable bonds is 7. The topological polar surface area (TPSA) is 49.8 Å². The van der Waals surface area contributed by atoms with E-state index in [1.807, 2.05) is 24.3 Å². The zero-order valence-corrected chi connectivity index (χ0v) is 13.2. The van der Waals surface area contributed by atoms with Gasteiger partial charge in [-0.3, -0.25) is 4.90 Å². The van der Waals surface area contributed by atoms with Crippen molar-refractivity contribution >= 4 is 5.97 Å². The zero-order valence-electron chi connectivity index (χ0n) is 13.2. The highest BCUT2D eigenvalue weighted by Crippen LogP contribution is 2.30. The van der Waals surface area contributed by atoms with Crippen LogP contribution in [0, 0.1) is 0 Å². The summed E-state index contributed by atoms with van der Waals surface area (Å²) in [4.78, 5) is 13.5. The van der Waals surface area contributed by atoms with Gasteiger partial charge >= 0.3 is 5.97 Å². The number of carboxylic acid groups (broad SMARTS) is 1. The molecule has 0 unspecified atom stereocenters. The molecule has 3 rings (SSSR count). The Morgan fingerprint density at radius 1 is 1.13 bits per heavy atom. The third-order valence-electron chi connectivity index (χ3n) is 4.17. The second-order valence-electron chi connectivity index (χ2n) is 5.99. The molecule has 1 aliphatic carbocycles. The lowest BCUT2D eigenvalue weighted by molar-refractivity contribution is 0.0696. The number of carbonyl (C=O) groups is 1. The molecule has 1 saturated carbocycles. The fourth-order valence-corrected chi connectivity index (χ4v) is 2.76. The highest BCUT2D eigenvalue weighted by molar-refractivity contribution is 5.87. The summed E-state index contributed by atoms with van der Waals surface area (Å²) in [5.41, 5.74) is 2.64. The van der Waals surface area contributed by atoms with Gasteiger partial charge in [-0.2, -0.15) is 0 Å². The van der Waals surface area contributed by atoms with Gasteiger partial charge in [0.1, 0.15) is 5.75 Å². The van der Waals surface area contributed by atoms with Gasteiger partial charge in [0.05, 0.1) is 12.7 Å². The molecule has 2 aromatic carbocycles. The second kappa shape index (κ2) is 6.84. The van der Waals surface area contributed by atoms with Gasteiger partial charge in [-0.15, -0.1) is 0 Å². The van der Waals surface area contributed by atoms with Gasteiger partial charge in [-0.1, -0.05) is 24.3 Å². The Bertz CT molecular complexity index is 677. The van der Waals surface area contributed by atoms with E-state index < -0.39 is 5.97 Å².